The van der Waals surface area contributed by atoms with Gasteiger partial charge in [-0.25, -0.2) is 24.4 Å². The van der Waals surface area contributed by atoms with Gasteiger partial charge in [-0.2, -0.15) is 0 Å². The minimum absolute atomic E-state index is 0.0418. The van der Waals surface area contributed by atoms with Crippen molar-refractivity contribution >= 4 is 67.5 Å². The molecule has 1 fully saturated rings. The topological polar surface area (TPSA) is 207 Å². The molecule has 0 aliphatic carbocycles. The van der Waals surface area contributed by atoms with Crippen LogP contribution in [0.5, 0.6) is 5.75 Å². The first-order chi connectivity index (χ1) is 39.7. The monoisotopic (exact) mass is 1160 g/mol. The Kier molecular flexibility index (Phi) is 17.2. The number of nitrogens with zero attached hydrogens (tertiary/aromatic N) is 8. The van der Waals surface area contributed by atoms with Gasteiger partial charge in [0, 0.05) is 43.4 Å². The number of pyridine rings is 1. The molecular formula is C64H72N10O7S2. The highest BCUT2D eigenvalue weighted by Crippen LogP contribution is 2.38. The Morgan fingerprint density at radius 3 is 2.40 bits per heavy atom. The van der Waals surface area contributed by atoms with E-state index in [1.54, 1.807) is 16.0 Å². The van der Waals surface area contributed by atoms with E-state index >= 15 is 0 Å². The maximum atomic E-state index is 14.6. The third-order valence-electron chi connectivity index (χ3n) is 15.3. The Labute approximate surface area is 492 Å². The van der Waals surface area contributed by atoms with Crippen LogP contribution >= 0.6 is 22.7 Å². The number of carbonyl (C=O) groups is 4. The molecule has 17 nitrogen and oxygen atoms in total. The van der Waals surface area contributed by atoms with E-state index in [4.69, 9.17) is 14.5 Å². The minimum Gasteiger partial charge on any atom is -0.493 e. The van der Waals surface area contributed by atoms with Gasteiger partial charge >= 0.3 is 5.97 Å². The molecule has 83 heavy (non-hydrogen) atoms. The number of β-amino-alcohol motifs (C(OH)–C–C–N with tert-alkyl or cyclic N) is 1. The number of ether oxygens (including phenoxy) is 2. The molecule has 1 saturated heterocycles. The largest absolute Gasteiger partial charge is 0.493 e. The SMILES string of the molecule is Cc1ncsc1-c1ccc([C@H](C)NC(=O)[C@@H]2C[C@@H](O)CN2C(=O)[C@@H](n2cc(CCCCCOc3cccc(-c4ccc(N5CCc6cccc(C(=O)Nc7nc8ccccc8s7)c6C5)nc4C(=O)OC(C)(C)C)c3C)nn2)C(C)(C)C)cc1. The number of aliphatic hydroxyl groups excluding tert-OH is 1. The molecule has 4 atom stereocenters. The molecule has 3 amide bonds. The average molecular weight is 1160 g/mol. The van der Waals surface area contributed by atoms with Gasteiger partial charge in [-0.05, 0) is 149 Å². The molecule has 0 radical (unpaired) electrons. The van der Waals surface area contributed by atoms with Gasteiger partial charge in [0.2, 0.25) is 11.8 Å². The highest BCUT2D eigenvalue weighted by molar-refractivity contribution is 7.22. The molecule has 6 heterocycles. The molecule has 4 aromatic heterocycles. The van der Waals surface area contributed by atoms with E-state index < -0.39 is 35.2 Å². The molecule has 4 aromatic carbocycles. The highest BCUT2D eigenvalue weighted by Gasteiger charge is 2.45. The maximum absolute atomic E-state index is 14.6. The molecule has 8 aromatic rings. The molecule has 432 valence electrons. The molecule has 10 rings (SSSR count). The number of anilines is 2. The van der Waals surface area contributed by atoms with Crippen molar-refractivity contribution in [2.45, 2.75) is 137 Å². The number of unbranched alkanes of at least 4 members (excludes halogenated alkanes) is 2. The van der Waals surface area contributed by atoms with Crippen LogP contribution in [-0.2, 0) is 33.7 Å². The standard InChI is InChI=1S/C64H72N10O7S2/c1-38-46(47-28-29-54(68-55(47)61(79)81-64(7,8)9)72-31-30-42-17-15-20-48(49(42)36-72)58(76)69-62-67-50-21-12-13-23-53(50)83-62)19-16-22-52(38)80-32-14-10-11-18-44-34-74(71-70-44)57(63(4,5)6)60(78)73-35-45(75)33-51(73)59(77)66-39(2)41-24-26-43(27-25-41)56-40(3)65-37-82-56/h12-13,15-17,19-29,34,37,39,45,51,57,75H,10-11,14,18,30-33,35-36H2,1-9H3,(H,66,77)(H,67,69,76)/t39-,45+,51-,57+/m0/s1. The lowest BCUT2D eigenvalue weighted by Crippen LogP contribution is -2.50. The molecule has 0 unspecified atom stereocenters. The zero-order chi connectivity index (χ0) is 58.7. The number of hydrogen-bond acceptors (Lipinski definition) is 15. The number of aliphatic hydroxyl groups is 1. The number of amides is 3. The van der Waals surface area contributed by atoms with Gasteiger partial charge in [0.15, 0.2) is 10.8 Å². The van der Waals surface area contributed by atoms with Gasteiger partial charge in [0.05, 0.1) is 50.7 Å². The average Bonchev–Trinajstić information content (AvgIpc) is 4.10. The third kappa shape index (κ3) is 13.3. The molecule has 0 saturated carbocycles. The Hall–Kier alpha value is -7.87. The zero-order valence-electron chi connectivity index (χ0n) is 48.6. The predicted octanol–water partition coefficient (Wildman–Crippen LogP) is 11.7. The number of esters is 1. The fourth-order valence-corrected chi connectivity index (χ4v) is 12.7. The number of thiazole rings is 2. The number of aromatic nitrogens is 6. The quantitative estimate of drug-likeness (QED) is 0.0541. The third-order valence-corrected chi connectivity index (χ3v) is 17.2. The zero-order valence-corrected chi connectivity index (χ0v) is 50.2. The second-order valence-corrected chi connectivity index (χ2v) is 25.6. The number of rotatable bonds is 18. The number of nitrogens with one attached hydrogen (secondary N) is 2. The van der Waals surface area contributed by atoms with Crippen LogP contribution in [0.4, 0.5) is 10.9 Å². The van der Waals surface area contributed by atoms with Crippen molar-refractivity contribution < 1.29 is 33.8 Å². The van der Waals surface area contributed by atoms with Gasteiger partial charge in [0.25, 0.3) is 5.91 Å². The van der Waals surface area contributed by atoms with Gasteiger partial charge in [0.1, 0.15) is 29.3 Å². The molecule has 19 heteroatoms. The molecule has 3 N–H and O–H groups in total. The molecule has 0 bridgehead atoms. The summed E-state index contributed by atoms with van der Waals surface area (Å²) in [7, 11) is 0. The van der Waals surface area contributed by atoms with Crippen LogP contribution in [0.15, 0.2) is 109 Å². The molecule has 2 aliphatic rings. The number of likely N-dealkylation sites (tertiary alicyclic amines) is 1. The number of aryl methyl sites for hydroxylation is 2. The molecular weight excluding hydrogens is 1080 g/mol. The van der Waals surface area contributed by atoms with Gasteiger partial charge < -0.3 is 29.7 Å². The van der Waals surface area contributed by atoms with Crippen molar-refractivity contribution in [1.82, 2.24) is 40.2 Å². The first-order valence-corrected chi connectivity index (χ1v) is 30.1. The van der Waals surface area contributed by atoms with Gasteiger partial charge in [-0.3, -0.25) is 19.7 Å². The van der Waals surface area contributed by atoms with E-state index in [1.165, 1.54) is 16.2 Å². The van der Waals surface area contributed by atoms with Crippen LogP contribution in [0.1, 0.15) is 141 Å². The van der Waals surface area contributed by atoms with E-state index in [0.29, 0.717) is 60.4 Å². The first kappa shape index (κ1) is 58.3. The number of carbonyl (C=O) groups excluding carboxylic acids is 4. The Bertz CT molecular complexity index is 3640. The maximum Gasteiger partial charge on any atom is 0.358 e. The van der Waals surface area contributed by atoms with E-state index in [1.807, 2.05) is 165 Å². The van der Waals surface area contributed by atoms with Crippen molar-refractivity contribution in [2.75, 3.05) is 29.9 Å². The van der Waals surface area contributed by atoms with E-state index in [0.717, 1.165) is 79.1 Å². The van der Waals surface area contributed by atoms with Crippen LogP contribution in [0, 0.1) is 19.3 Å². The van der Waals surface area contributed by atoms with Crippen molar-refractivity contribution in [1.29, 1.82) is 0 Å². The van der Waals surface area contributed by atoms with Gasteiger partial charge in [-0.1, -0.05) is 98.0 Å². The summed E-state index contributed by atoms with van der Waals surface area (Å²) in [5.41, 5.74) is 10.0. The summed E-state index contributed by atoms with van der Waals surface area (Å²) in [5.74, 6) is -0.0898. The van der Waals surface area contributed by atoms with Crippen molar-refractivity contribution in [2.24, 2.45) is 5.41 Å². The second kappa shape index (κ2) is 24.5. The Morgan fingerprint density at radius 2 is 1.65 bits per heavy atom. The lowest BCUT2D eigenvalue weighted by atomic mass is 9.85. The van der Waals surface area contributed by atoms with Crippen LogP contribution in [0.25, 0.3) is 31.8 Å². The molecule has 0 spiro atoms. The number of fused-ring (bicyclic) bond motifs is 2. The van der Waals surface area contributed by atoms with E-state index in [9.17, 15) is 24.3 Å². The first-order valence-electron chi connectivity index (χ1n) is 28.4. The predicted molar refractivity (Wildman–Crippen MR) is 325 cm³/mol. The van der Waals surface area contributed by atoms with Crippen LogP contribution in [0.3, 0.4) is 0 Å². The van der Waals surface area contributed by atoms with Crippen molar-refractivity contribution in [3.63, 3.8) is 0 Å². The number of benzene rings is 4. The van der Waals surface area contributed by atoms with Crippen molar-refractivity contribution in [3.05, 3.63) is 154 Å². The van der Waals surface area contributed by atoms with Crippen LogP contribution < -0.4 is 20.3 Å². The summed E-state index contributed by atoms with van der Waals surface area (Å²) in [6.07, 6.45) is 4.85. The van der Waals surface area contributed by atoms with Crippen LogP contribution in [-0.4, -0.2) is 101 Å². The highest BCUT2D eigenvalue weighted by atomic mass is 32.1. The van der Waals surface area contributed by atoms with Crippen molar-refractivity contribution in [3.8, 4) is 27.3 Å². The van der Waals surface area contributed by atoms with E-state index in [2.05, 4.69) is 41.9 Å². The summed E-state index contributed by atoms with van der Waals surface area (Å²) < 4.78 is 15.0. The summed E-state index contributed by atoms with van der Waals surface area (Å²) in [6, 6.07) is 29.4. The summed E-state index contributed by atoms with van der Waals surface area (Å²) in [5, 5.41) is 26.4. The van der Waals surface area contributed by atoms with Gasteiger partial charge in [-0.15, -0.1) is 16.4 Å². The summed E-state index contributed by atoms with van der Waals surface area (Å²) in [4.78, 5) is 75.1. The minimum atomic E-state index is -0.848. The lowest BCUT2D eigenvalue weighted by Gasteiger charge is -2.34. The smallest absolute Gasteiger partial charge is 0.358 e. The van der Waals surface area contributed by atoms with Crippen LogP contribution in [0.2, 0.25) is 0 Å². The fraction of sp³-hybridized carbons (Fsp3) is 0.391. The molecule has 2 aliphatic heterocycles. The summed E-state index contributed by atoms with van der Waals surface area (Å²) >= 11 is 3.02. The Morgan fingerprint density at radius 1 is 0.867 bits per heavy atom. The Balaban J connectivity index is 0.754. The fourth-order valence-electron chi connectivity index (χ4n) is 11.0. The number of hydrogen-bond donors (Lipinski definition) is 3. The second-order valence-electron chi connectivity index (χ2n) is 23.7. The normalized spacial score (nSPS) is 16.1. The summed E-state index contributed by atoms with van der Waals surface area (Å²) in [6.45, 7) is 18.8. The number of para-hydroxylation sites is 1. The van der Waals surface area contributed by atoms with E-state index in [-0.39, 0.29) is 42.4 Å². The lowest BCUT2D eigenvalue weighted by molar-refractivity contribution is -0.144.